The van der Waals surface area contributed by atoms with Gasteiger partial charge < -0.3 is 14.8 Å². The van der Waals surface area contributed by atoms with E-state index in [1.54, 1.807) is 0 Å². The molecule has 2 aliphatic heterocycles. The fourth-order valence-electron chi connectivity index (χ4n) is 5.46. The van der Waals surface area contributed by atoms with Crippen LogP contribution in [0.2, 0.25) is 0 Å². The summed E-state index contributed by atoms with van der Waals surface area (Å²) in [5.74, 6) is 1.78. The van der Waals surface area contributed by atoms with E-state index in [4.69, 9.17) is 0 Å². The fourth-order valence-corrected chi connectivity index (χ4v) is 5.46. The van der Waals surface area contributed by atoms with Crippen LogP contribution in [0.1, 0.15) is 55.8 Å². The van der Waals surface area contributed by atoms with Crippen molar-refractivity contribution in [3.05, 3.63) is 36.0 Å². The van der Waals surface area contributed by atoms with E-state index in [2.05, 4.69) is 29.2 Å². The molecule has 4 rings (SSSR count). The van der Waals surface area contributed by atoms with Crippen molar-refractivity contribution in [2.75, 3.05) is 39.8 Å². The predicted molar refractivity (Wildman–Crippen MR) is 136 cm³/mol. The Morgan fingerprint density at radius 1 is 1.06 bits per heavy atom. The highest BCUT2D eigenvalue weighted by Gasteiger charge is 2.30. The minimum Gasteiger partial charge on any atom is -0.361 e. The van der Waals surface area contributed by atoms with Gasteiger partial charge in [0, 0.05) is 30.4 Å². The second-order valence-corrected chi connectivity index (χ2v) is 9.73. The van der Waals surface area contributed by atoms with E-state index in [1.165, 1.54) is 25.9 Å². The average molecular weight is 475 g/mol. The van der Waals surface area contributed by atoms with E-state index in [-0.39, 0.29) is 36.7 Å². The van der Waals surface area contributed by atoms with Crippen molar-refractivity contribution in [3.63, 3.8) is 0 Å². The van der Waals surface area contributed by atoms with Gasteiger partial charge in [-0.05, 0) is 81.6 Å². The summed E-state index contributed by atoms with van der Waals surface area (Å²) in [6.07, 6.45) is 8.34. The van der Waals surface area contributed by atoms with Crippen LogP contribution in [0.4, 0.5) is 0 Å². The summed E-state index contributed by atoms with van der Waals surface area (Å²) in [5.41, 5.74) is 1.66. The summed E-state index contributed by atoms with van der Waals surface area (Å²) in [6.45, 7) is 6.43. The number of benzene rings is 1. The number of piperidine rings is 2. The zero-order valence-corrected chi connectivity index (χ0v) is 20.8. The van der Waals surface area contributed by atoms with Gasteiger partial charge in [-0.1, -0.05) is 25.5 Å². The molecule has 1 aromatic carbocycles. The molecule has 1 atom stereocenters. The lowest BCUT2D eigenvalue weighted by Crippen LogP contribution is -2.47. The molecule has 1 unspecified atom stereocenters. The number of aromatic amines is 1. The maximum absolute atomic E-state index is 13.1. The van der Waals surface area contributed by atoms with Crippen molar-refractivity contribution in [2.24, 2.45) is 11.8 Å². The lowest BCUT2D eigenvalue weighted by molar-refractivity contribution is -0.132. The number of amides is 1. The molecule has 7 heteroatoms. The number of nitrogens with one attached hydrogen (secondary N) is 2. The van der Waals surface area contributed by atoms with Gasteiger partial charge in [0.25, 0.3) is 0 Å². The number of hydrogen-bond donors (Lipinski definition) is 2. The van der Waals surface area contributed by atoms with Gasteiger partial charge in [-0.25, -0.2) is 0 Å². The Balaban J connectivity index is 0.00000306. The second kappa shape index (κ2) is 12.0. The Hall–Kier alpha value is -1.89. The number of H-pyrrole nitrogens is 1. The third-order valence-corrected chi connectivity index (χ3v) is 7.56. The van der Waals surface area contributed by atoms with Crippen molar-refractivity contribution in [2.45, 2.75) is 51.5 Å². The molecule has 3 heterocycles. The quantitative estimate of drug-likeness (QED) is 0.565. The Bertz CT molecular complexity index is 914. The average Bonchev–Trinajstić information content (AvgIpc) is 3.30. The normalized spacial score (nSPS) is 19.4. The molecule has 0 bridgehead atoms. The van der Waals surface area contributed by atoms with Gasteiger partial charge >= 0.3 is 0 Å². The Labute approximate surface area is 203 Å². The van der Waals surface area contributed by atoms with Crippen LogP contribution in [0, 0.1) is 11.8 Å². The van der Waals surface area contributed by atoms with Gasteiger partial charge in [0.2, 0.25) is 5.91 Å². The molecule has 1 amide bonds. The summed E-state index contributed by atoms with van der Waals surface area (Å²) in [6, 6.07) is 7.45. The van der Waals surface area contributed by atoms with Crippen LogP contribution in [-0.4, -0.2) is 72.3 Å². The van der Waals surface area contributed by atoms with E-state index in [9.17, 15) is 9.59 Å². The van der Waals surface area contributed by atoms with Crippen molar-refractivity contribution in [3.8, 4) is 0 Å². The van der Waals surface area contributed by atoms with Crippen LogP contribution in [0.25, 0.3) is 10.9 Å². The zero-order chi connectivity index (χ0) is 22.5. The molecule has 2 N–H and O–H groups in total. The maximum atomic E-state index is 13.1. The number of carbonyl (C=O) groups excluding carboxylic acids is 2. The fraction of sp³-hybridized carbons (Fsp3) is 0.615. The van der Waals surface area contributed by atoms with E-state index in [0.29, 0.717) is 5.56 Å². The highest BCUT2D eigenvalue weighted by Crippen LogP contribution is 2.32. The number of rotatable bonds is 8. The molecule has 2 saturated heterocycles. The molecule has 6 nitrogen and oxygen atoms in total. The molecule has 0 aliphatic carbocycles. The highest BCUT2D eigenvalue weighted by molar-refractivity contribution is 6.02. The van der Waals surface area contributed by atoms with Gasteiger partial charge in [-0.3, -0.25) is 14.9 Å². The number of halogens is 1. The number of nitrogens with zero attached hydrogens (tertiary/aromatic N) is 2. The summed E-state index contributed by atoms with van der Waals surface area (Å²) < 4.78 is 0. The molecule has 1 aromatic heterocycles. The second-order valence-electron chi connectivity index (χ2n) is 9.73. The van der Waals surface area contributed by atoms with E-state index in [0.717, 1.165) is 61.5 Å². The minimum atomic E-state index is -0.326. The van der Waals surface area contributed by atoms with Crippen LogP contribution in [0.15, 0.2) is 30.5 Å². The van der Waals surface area contributed by atoms with Gasteiger partial charge in [0.1, 0.15) is 0 Å². The molecule has 0 saturated carbocycles. The number of fused-ring (bicyclic) bond motifs is 1. The standard InChI is InChI=1S/C26H38N4O2.ClH/c1-3-4-23(26(32)22-6-5-21-7-12-27-24(21)17-22)28-18-25(31)30-15-10-20(11-16-30)19-8-13-29(2)14-9-19;/h5-7,12,17,19-20,23,27-28H,3-4,8-11,13-16,18H2,1-2H3;1H. The van der Waals surface area contributed by atoms with Crippen molar-refractivity contribution in [1.29, 1.82) is 0 Å². The SMILES string of the molecule is CCCC(NCC(=O)N1CCC(C2CCN(C)CC2)CC1)C(=O)c1ccc2cc[nH]c2c1.Cl. The highest BCUT2D eigenvalue weighted by atomic mass is 35.5. The van der Waals surface area contributed by atoms with Crippen LogP contribution < -0.4 is 5.32 Å². The molecule has 182 valence electrons. The lowest BCUT2D eigenvalue weighted by atomic mass is 9.79. The van der Waals surface area contributed by atoms with Crippen molar-refractivity contribution < 1.29 is 9.59 Å². The van der Waals surface area contributed by atoms with Crippen molar-refractivity contribution >= 4 is 35.0 Å². The molecule has 33 heavy (non-hydrogen) atoms. The Morgan fingerprint density at radius 3 is 2.39 bits per heavy atom. The summed E-state index contributed by atoms with van der Waals surface area (Å²) >= 11 is 0. The van der Waals surface area contributed by atoms with Gasteiger partial charge in [0.15, 0.2) is 5.78 Å². The zero-order valence-electron chi connectivity index (χ0n) is 20.0. The third-order valence-electron chi connectivity index (χ3n) is 7.56. The molecule has 2 fully saturated rings. The molecule has 2 aromatic rings. The number of carbonyl (C=O) groups is 2. The summed E-state index contributed by atoms with van der Waals surface area (Å²) in [4.78, 5) is 33.6. The Kier molecular flexibility index (Phi) is 9.36. The molecule has 2 aliphatic rings. The van der Waals surface area contributed by atoms with Crippen LogP contribution >= 0.6 is 12.4 Å². The first kappa shape index (κ1) is 25.7. The van der Waals surface area contributed by atoms with E-state index in [1.807, 2.05) is 35.4 Å². The van der Waals surface area contributed by atoms with E-state index < -0.39 is 0 Å². The number of aromatic nitrogens is 1. The molecular weight excluding hydrogens is 436 g/mol. The van der Waals surface area contributed by atoms with Gasteiger partial charge in [-0.2, -0.15) is 0 Å². The first-order valence-corrected chi connectivity index (χ1v) is 12.4. The first-order valence-electron chi connectivity index (χ1n) is 12.4. The van der Waals surface area contributed by atoms with Gasteiger partial charge in [0.05, 0.1) is 12.6 Å². The summed E-state index contributed by atoms with van der Waals surface area (Å²) in [5, 5.41) is 4.38. The third kappa shape index (κ3) is 6.37. The molecule has 0 spiro atoms. The molecular formula is C26H39ClN4O2. The monoisotopic (exact) mass is 474 g/mol. The van der Waals surface area contributed by atoms with E-state index >= 15 is 0 Å². The number of ketones is 1. The largest absolute Gasteiger partial charge is 0.361 e. The van der Waals surface area contributed by atoms with Crippen LogP contribution in [0.5, 0.6) is 0 Å². The van der Waals surface area contributed by atoms with Crippen molar-refractivity contribution in [1.82, 2.24) is 20.1 Å². The van der Waals surface area contributed by atoms with Crippen LogP contribution in [0.3, 0.4) is 0 Å². The summed E-state index contributed by atoms with van der Waals surface area (Å²) in [7, 11) is 2.21. The number of hydrogen-bond acceptors (Lipinski definition) is 4. The topological polar surface area (TPSA) is 68.4 Å². The first-order chi connectivity index (χ1) is 15.5. The van der Waals surface area contributed by atoms with Crippen LogP contribution in [-0.2, 0) is 4.79 Å². The predicted octanol–water partition coefficient (Wildman–Crippen LogP) is 4.11. The smallest absolute Gasteiger partial charge is 0.236 e. The maximum Gasteiger partial charge on any atom is 0.236 e. The van der Waals surface area contributed by atoms with Gasteiger partial charge in [-0.15, -0.1) is 12.4 Å². The lowest BCUT2D eigenvalue weighted by Gasteiger charge is -2.39. The number of likely N-dealkylation sites (tertiary alicyclic amines) is 2. The minimum absolute atomic E-state index is 0. The Morgan fingerprint density at radius 2 is 1.73 bits per heavy atom. The number of Topliss-reactive ketones (excluding diaryl/α,β-unsaturated/α-hetero) is 1. The molecule has 0 radical (unpaired) electrons.